The van der Waals surface area contributed by atoms with Gasteiger partial charge in [-0.25, -0.2) is 0 Å². The van der Waals surface area contributed by atoms with Gasteiger partial charge in [0.15, 0.2) is 0 Å². The highest BCUT2D eigenvalue weighted by Crippen LogP contribution is 2.12. The van der Waals surface area contributed by atoms with Gasteiger partial charge in [0.1, 0.15) is 11.2 Å². The number of aromatic nitrogens is 1. The van der Waals surface area contributed by atoms with Crippen LogP contribution >= 0.6 is 12.2 Å². The van der Waals surface area contributed by atoms with Crippen LogP contribution < -0.4 is 5.32 Å². The summed E-state index contributed by atoms with van der Waals surface area (Å²) in [6.45, 7) is -1.37. The van der Waals surface area contributed by atoms with E-state index in [1.165, 1.54) is 18.3 Å². The van der Waals surface area contributed by atoms with Gasteiger partial charge in [-0.1, -0.05) is 12.2 Å². The lowest BCUT2D eigenvalue weighted by atomic mass is 10.3. The van der Waals surface area contributed by atoms with Crippen LogP contribution in [0.2, 0.25) is 0 Å². The summed E-state index contributed by atoms with van der Waals surface area (Å²) in [5.41, 5.74) is 0.0248. The Morgan fingerprint density at radius 3 is 2.73 bits per heavy atom. The van der Waals surface area contributed by atoms with Crippen LogP contribution in [0.4, 0.5) is 13.2 Å². The largest absolute Gasteiger partial charge is 0.405 e. The molecule has 0 saturated heterocycles. The Bertz CT molecular complexity index is 413. The molecule has 1 aromatic heterocycles. The van der Waals surface area contributed by atoms with E-state index in [1.807, 2.05) is 0 Å². The highest BCUT2D eigenvalue weighted by Gasteiger charge is 2.28. The van der Waals surface area contributed by atoms with E-state index in [9.17, 15) is 18.0 Å². The molecule has 1 rings (SSSR count). The SMILES string of the molecule is O=C(NCC(F)(F)F)c1ccc[nH]c1=S. The van der Waals surface area contributed by atoms with Gasteiger partial charge >= 0.3 is 6.18 Å². The lowest BCUT2D eigenvalue weighted by Gasteiger charge is -2.07. The van der Waals surface area contributed by atoms with Gasteiger partial charge in [-0.15, -0.1) is 0 Å². The van der Waals surface area contributed by atoms with E-state index >= 15 is 0 Å². The van der Waals surface area contributed by atoms with Crippen LogP contribution in [0, 0.1) is 4.64 Å². The molecule has 1 aromatic rings. The molecule has 1 heterocycles. The summed E-state index contributed by atoms with van der Waals surface area (Å²) < 4.78 is 35.5. The summed E-state index contributed by atoms with van der Waals surface area (Å²) in [5.74, 6) is -0.839. The van der Waals surface area contributed by atoms with Gasteiger partial charge in [-0.2, -0.15) is 13.2 Å². The fraction of sp³-hybridized carbons (Fsp3) is 0.250. The second-order valence-corrected chi connectivity index (χ2v) is 3.12. The van der Waals surface area contributed by atoms with Gasteiger partial charge < -0.3 is 10.3 Å². The molecule has 0 saturated carbocycles. The first-order chi connectivity index (χ1) is 6.90. The van der Waals surface area contributed by atoms with Crippen LogP contribution in [0.25, 0.3) is 0 Å². The number of carbonyl (C=O) groups excluding carboxylic acids is 1. The van der Waals surface area contributed by atoms with Crippen molar-refractivity contribution in [2.75, 3.05) is 6.54 Å². The van der Waals surface area contributed by atoms with E-state index in [-0.39, 0.29) is 10.2 Å². The minimum Gasteiger partial charge on any atom is -0.352 e. The molecular weight excluding hydrogens is 229 g/mol. The van der Waals surface area contributed by atoms with E-state index in [1.54, 1.807) is 5.32 Å². The minimum absolute atomic E-state index is 0.0248. The molecule has 0 unspecified atom stereocenters. The second kappa shape index (κ2) is 4.43. The number of H-pyrrole nitrogens is 1. The number of pyridine rings is 1. The molecule has 3 nitrogen and oxygen atoms in total. The number of hydrogen-bond donors (Lipinski definition) is 2. The zero-order valence-corrected chi connectivity index (χ0v) is 8.21. The lowest BCUT2D eigenvalue weighted by Crippen LogP contribution is -2.33. The maximum Gasteiger partial charge on any atom is 0.405 e. The van der Waals surface area contributed by atoms with Crippen molar-refractivity contribution in [3.8, 4) is 0 Å². The summed E-state index contributed by atoms with van der Waals surface area (Å²) in [5, 5.41) is 1.73. The quantitative estimate of drug-likeness (QED) is 0.772. The van der Waals surface area contributed by atoms with Crippen LogP contribution in [0.15, 0.2) is 18.3 Å². The van der Waals surface area contributed by atoms with Crippen molar-refractivity contribution in [1.29, 1.82) is 0 Å². The molecule has 0 radical (unpaired) electrons. The molecule has 0 fully saturated rings. The molecule has 0 aliphatic rings. The Kier molecular flexibility index (Phi) is 3.46. The standard InChI is InChI=1S/C8H7F3N2OS/c9-8(10,11)4-13-6(14)5-2-1-3-12-7(5)15/h1-3H,4H2,(H,12,15)(H,13,14). The molecular formula is C8H7F3N2OS. The van der Waals surface area contributed by atoms with E-state index in [4.69, 9.17) is 12.2 Å². The molecule has 7 heteroatoms. The first-order valence-corrected chi connectivity index (χ1v) is 4.33. The van der Waals surface area contributed by atoms with Gasteiger partial charge in [-0.3, -0.25) is 4.79 Å². The average molecular weight is 236 g/mol. The van der Waals surface area contributed by atoms with Gasteiger partial charge in [-0.05, 0) is 12.1 Å². The third-order valence-electron chi connectivity index (χ3n) is 1.51. The molecule has 0 aliphatic heterocycles. The highest BCUT2D eigenvalue weighted by molar-refractivity contribution is 7.71. The topological polar surface area (TPSA) is 44.9 Å². The smallest absolute Gasteiger partial charge is 0.352 e. The maximum atomic E-state index is 11.8. The molecule has 0 atom stereocenters. The Hall–Kier alpha value is -1.37. The molecule has 0 spiro atoms. The third-order valence-corrected chi connectivity index (χ3v) is 1.85. The summed E-state index contributed by atoms with van der Waals surface area (Å²) in [4.78, 5) is 13.8. The van der Waals surface area contributed by atoms with Crippen molar-refractivity contribution in [1.82, 2.24) is 10.3 Å². The Morgan fingerprint density at radius 1 is 1.53 bits per heavy atom. The van der Waals surface area contributed by atoms with Crippen molar-refractivity contribution in [2.24, 2.45) is 0 Å². The van der Waals surface area contributed by atoms with E-state index in [0.717, 1.165) is 0 Å². The van der Waals surface area contributed by atoms with Crippen LogP contribution in [-0.2, 0) is 0 Å². The molecule has 2 N–H and O–H groups in total. The summed E-state index contributed by atoms with van der Waals surface area (Å²) in [7, 11) is 0. The molecule has 1 amide bonds. The van der Waals surface area contributed by atoms with E-state index in [2.05, 4.69) is 4.98 Å². The van der Waals surface area contributed by atoms with Crippen LogP contribution in [0.5, 0.6) is 0 Å². The predicted molar refractivity (Wildman–Crippen MR) is 50.0 cm³/mol. The normalized spacial score (nSPS) is 11.1. The number of hydrogen-bond acceptors (Lipinski definition) is 2. The predicted octanol–water partition coefficient (Wildman–Crippen LogP) is 2.04. The fourth-order valence-corrected chi connectivity index (χ4v) is 1.10. The van der Waals surface area contributed by atoms with Crippen LogP contribution in [0.1, 0.15) is 10.4 Å². The number of amides is 1. The number of carbonyl (C=O) groups is 1. The van der Waals surface area contributed by atoms with Crippen LogP contribution in [-0.4, -0.2) is 23.6 Å². The van der Waals surface area contributed by atoms with Gasteiger partial charge in [0, 0.05) is 6.20 Å². The number of halogens is 3. The highest BCUT2D eigenvalue weighted by atomic mass is 32.1. The first-order valence-electron chi connectivity index (χ1n) is 3.93. The summed E-state index contributed by atoms with van der Waals surface area (Å²) >= 11 is 4.74. The first kappa shape index (κ1) is 11.7. The second-order valence-electron chi connectivity index (χ2n) is 2.71. The molecule has 0 bridgehead atoms. The number of nitrogens with one attached hydrogen (secondary N) is 2. The van der Waals surface area contributed by atoms with Gasteiger partial charge in [0.05, 0.1) is 5.56 Å². The Morgan fingerprint density at radius 2 is 2.20 bits per heavy atom. The molecule has 0 aromatic carbocycles. The van der Waals surface area contributed by atoms with Crippen molar-refractivity contribution in [3.63, 3.8) is 0 Å². The summed E-state index contributed by atoms with van der Waals surface area (Å²) in [6.07, 6.45) is -2.93. The Labute approximate surface area is 88.3 Å². The van der Waals surface area contributed by atoms with Crippen molar-refractivity contribution < 1.29 is 18.0 Å². The minimum atomic E-state index is -4.42. The van der Waals surface area contributed by atoms with Crippen molar-refractivity contribution in [3.05, 3.63) is 28.5 Å². The summed E-state index contributed by atoms with van der Waals surface area (Å²) in [6, 6.07) is 2.84. The maximum absolute atomic E-state index is 11.8. The fourth-order valence-electron chi connectivity index (χ4n) is 0.876. The number of alkyl halides is 3. The lowest BCUT2D eigenvalue weighted by molar-refractivity contribution is -0.123. The van der Waals surface area contributed by atoms with Crippen molar-refractivity contribution >= 4 is 18.1 Å². The number of rotatable bonds is 2. The van der Waals surface area contributed by atoms with Gasteiger partial charge in [0.2, 0.25) is 0 Å². The van der Waals surface area contributed by atoms with E-state index < -0.39 is 18.6 Å². The number of aromatic amines is 1. The zero-order chi connectivity index (χ0) is 11.5. The van der Waals surface area contributed by atoms with E-state index in [0.29, 0.717) is 0 Å². The molecule has 15 heavy (non-hydrogen) atoms. The van der Waals surface area contributed by atoms with Crippen LogP contribution in [0.3, 0.4) is 0 Å². The van der Waals surface area contributed by atoms with Crippen molar-refractivity contribution in [2.45, 2.75) is 6.18 Å². The Balaban J connectivity index is 2.71. The molecule has 0 aliphatic carbocycles. The monoisotopic (exact) mass is 236 g/mol. The zero-order valence-electron chi connectivity index (χ0n) is 7.39. The van der Waals surface area contributed by atoms with Gasteiger partial charge in [0.25, 0.3) is 5.91 Å². The average Bonchev–Trinajstić information content (AvgIpc) is 2.14. The third kappa shape index (κ3) is 3.70. The molecule has 82 valence electrons.